The molecule has 1 fully saturated rings. The number of nitro groups is 1. The number of carbonyl (C=O) groups excluding carboxylic acids is 1. The molecule has 2 heterocycles. The van der Waals surface area contributed by atoms with E-state index in [2.05, 4.69) is 9.97 Å². The molecule has 150 valence electrons. The zero-order valence-electron chi connectivity index (χ0n) is 14.9. The maximum atomic E-state index is 12.9. The largest absolute Gasteiger partial charge is 0.434 e. The maximum absolute atomic E-state index is 12.9. The molecule has 0 aromatic carbocycles. The van der Waals surface area contributed by atoms with Crippen LogP contribution < -0.4 is 0 Å². The zero-order valence-corrected chi connectivity index (χ0v) is 14.9. The number of hydrogen-bond acceptors (Lipinski definition) is 5. The third-order valence-corrected chi connectivity index (χ3v) is 5.03. The molecule has 0 aliphatic heterocycles. The van der Waals surface area contributed by atoms with Crippen molar-refractivity contribution in [3.8, 4) is 0 Å². The topological polar surface area (TPSA) is 90.9 Å². The average Bonchev–Trinajstić information content (AvgIpc) is 3.31. The minimum atomic E-state index is -4.58. The van der Waals surface area contributed by atoms with Crippen LogP contribution in [0.25, 0.3) is 0 Å². The molecule has 0 unspecified atom stereocenters. The molecule has 2 aromatic rings. The molecule has 10 heteroatoms. The minimum Gasteiger partial charge on any atom is -0.326 e. The molecule has 0 saturated heterocycles. The fourth-order valence-electron chi connectivity index (χ4n) is 3.56. The van der Waals surface area contributed by atoms with Crippen molar-refractivity contribution in [2.45, 2.75) is 50.7 Å². The fourth-order valence-corrected chi connectivity index (χ4v) is 3.56. The molecule has 0 bridgehead atoms. The number of alkyl halides is 3. The number of aromatic nitrogens is 3. The van der Waals surface area contributed by atoms with Gasteiger partial charge in [0.15, 0.2) is 11.5 Å². The van der Waals surface area contributed by atoms with E-state index in [-0.39, 0.29) is 23.8 Å². The highest BCUT2D eigenvalue weighted by molar-refractivity contribution is 5.84. The lowest BCUT2D eigenvalue weighted by atomic mass is 9.94. The Hall–Kier alpha value is -2.78. The van der Waals surface area contributed by atoms with E-state index >= 15 is 0 Å². The van der Waals surface area contributed by atoms with Crippen LogP contribution in [-0.2, 0) is 17.4 Å². The zero-order chi connectivity index (χ0) is 20.3. The number of imidazole rings is 1. The molecule has 0 spiro atoms. The summed E-state index contributed by atoms with van der Waals surface area (Å²) in [5, 5.41) is 10.7. The Balaban J connectivity index is 1.80. The van der Waals surface area contributed by atoms with E-state index in [0.29, 0.717) is 12.1 Å². The maximum Gasteiger partial charge on any atom is 0.434 e. The fraction of sp³-hybridized carbons (Fsp3) is 0.500. The smallest absolute Gasteiger partial charge is 0.326 e. The highest BCUT2D eigenvalue weighted by Crippen LogP contribution is 2.34. The summed E-state index contributed by atoms with van der Waals surface area (Å²) >= 11 is 0. The van der Waals surface area contributed by atoms with Crippen LogP contribution in [-0.4, -0.2) is 25.2 Å². The van der Waals surface area contributed by atoms with E-state index in [1.807, 2.05) is 0 Å². The monoisotopic (exact) mass is 396 g/mol. The van der Waals surface area contributed by atoms with Gasteiger partial charge >= 0.3 is 6.18 Å². The minimum absolute atomic E-state index is 0.116. The standard InChI is InChI=1S/C18H19F3N4O3/c19-18(20,21)17-10-24(11-23-17)15(7-12-3-1-2-4-12)16(26)8-13-5-6-14(9-22-13)25(27)28/h5-6,9-12,15H,1-4,7-8H2/t15-/m0/s1. The van der Waals surface area contributed by atoms with Crippen molar-refractivity contribution < 1.29 is 22.9 Å². The summed E-state index contributed by atoms with van der Waals surface area (Å²) in [5.41, 5.74) is -0.892. The summed E-state index contributed by atoms with van der Waals surface area (Å²) < 4.78 is 39.9. The Morgan fingerprint density at radius 2 is 2.00 bits per heavy atom. The second-order valence-corrected chi connectivity index (χ2v) is 7.01. The lowest BCUT2D eigenvalue weighted by Crippen LogP contribution is -2.23. The normalized spacial score (nSPS) is 16.2. The van der Waals surface area contributed by atoms with Gasteiger partial charge < -0.3 is 4.57 Å². The molecular formula is C18H19F3N4O3. The second kappa shape index (κ2) is 8.07. The molecule has 0 amide bonds. The van der Waals surface area contributed by atoms with Crippen LogP contribution >= 0.6 is 0 Å². The van der Waals surface area contributed by atoms with E-state index in [9.17, 15) is 28.1 Å². The lowest BCUT2D eigenvalue weighted by Gasteiger charge is -2.21. The number of ketones is 1. The molecule has 0 radical (unpaired) electrons. The summed E-state index contributed by atoms with van der Waals surface area (Å²) in [6.45, 7) is 0. The van der Waals surface area contributed by atoms with Crippen LogP contribution in [0.1, 0.15) is 49.5 Å². The first-order chi connectivity index (χ1) is 13.2. The first-order valence-corrected chi connectivity index (χ1v) is 8.96. The van der Waals surface area contributed by atoms with E-state index in [0.717, 1.165) is 44.4 Å². The predicted molar refractivity (Wildman–Crippen MR) is 92.4 cm³/mol. The van der Waals surface area contributed by atoms with Crippen molar-refractivity contribution in [1.82, 2.24) is 14.5 Å². The molecular weight excluding hydrogens is 377 g/mol. The van der Waals surface area contributed by atoms with Gasteiger partial charge in [-0.3, -0.25) is 19.9 Å². The van der Waals surface area contributed by atoms with Gasteiger partial charge in [0.25, 0.3) is 5.69 Å². The van der Waals surface area contributed by atoms with Crippen molar-refractivity contribution in [2.24, 2.45) is 5.92 Å². The van der Waals surface area contributed by atoms with Gasteiger partial charge in [-0.05, 0) is 18.4 Å². The molecule has 1 aliphatic rings. The van der Waals surface area contributed by atoms with Crippen LogP contribution in [0.3, 0.4) is 0 Å². The van der Waals surface area contributed by atoms with E-state index < -0.39 is 22.8 Å². The van der Waals surface area contributed by atoms with Crippen molar-refractivity contribution >= 4 is 11.5 Å². The first kappa shape index (κ1) is 20.0. The van der Waals surface area contributed by atoms with Crippen molar-refractivity contribution in [3.63, 3.8) is 0 Å². The Kier molecular flexibility index (Phi) is 5.76. The molecule has 3 rings (SSSR count). The van der Waals surface area contributed by atoms with Gasteiger partial charge in [-0.25, -0.2) is 4.98 Å². The average molecular weight is 396 g/mol. The number of pyridine rings is 1. The van der Waals surface area contributed by atoms with Gasteiger partial charge in [0, 0.05) is 18.0 Å². The van der Waals surface area contributed by atoms with Gasteiger partial charge in [-0.2, -0.15) is 13.2 Å². The highest BCUT2D eigenvalue weighted by Gasteiger charge is 2.35. The van der Waals surface area contributed by atoms with Gasteiger partial charge in [-0.1, -0.05) is 25.7 Å². The number of Topliss-reactive ketones (excluding diaryl/α,β-unsaturated/α-hetero) is 1. The van der Waals surface area contributed by atoms with Crippen LogP contribution in [0.4, 0.5) is 18.9 Å². The van der Waals surface area contributed by atoms with Crippen molar-refractivity contribution in [3.05, 3.63) is 52.4 Å². The molecule has 1 atom stereocenters. The Bertz CT molecular complexity index is 843. The SMILES string of the molecule is O=C(Cc1ccc([N+](=O)[O-])cn1)[C@H](CC1CCCC1)n1cnc(C(F)(F)F)c1. The summed E-state index contributed by atoms with van der Waals surface area (Å²) in [6, 6.07) is 1.86. The number of hydrogen-bond donors (Lipinski definition) is 0. The second-order valence-electron chi connectivity index (χ2n) is 7.01. The Morgan fingerprint density at radius 1 is 1.29 bits per heavy atom. The van der Waals surface area contributed by atoms with Gasteiger partial charge in [-0.15, -0.1) is 0 Å². The Labute approximate surface area is 158 Å². The predicted octanol–water partition coefficient (Wildman–Crippen LogP) is 4.14. The lowest BCUT2D eigenvalue weighted by molar-refractivity contribution is -0.385. The molecule has 28 heavy (non-hydrogen) atoms. The molecule has 2 aromatic heterocycles. The summed E-state index contributed by atoms with van der Waals surface area (Å²) in [5.74, 6) is -0.0186. The van der Waals surface area contributed by atoms with Crippen LogP contribution in [0, 0.1) is 16.0 Å². The summed E-state index contributed by atoms with van der Waals surface area (Å²) in [6.07, 6.45) is 2.71. The third-order valence-electron chi connectivity index (χ3n) is 5.03. The quantitative estimate of drug-likeness (QED) is 0.518. The molecule has 7 nitrogen and oxygen atoms in total. The van der Waals surface area contributed by atoms with E-state index in [1.165, 1.54) is 16.7 Å². The van der Waals surface area contributed by atoms with Gasteiger partial charge in [0.1, 0.15) is 6.20 Å². The Morgan fingerprint density at radius 3 is 2.54 bits per heavy atom. The van der Waals surface area contributed by atoms with Crippen LogP contribution in [0.5, 0.6) is 0 Å². The first-order valence-electron chi connectivity index (χ1n) is 8.96. The molecule has 1 aliphatic carbocycles. The number of halogens is 3. The number of rotatable bonds is 7. The summed E-state index contributed by atoms with van der Waals surface area (Å²) in [4.78, 5) is 30.3. The molecule has 1 saturated carbocycles. The molecule has 0 N–H and O–H groups in total. The highest BCUT2D eigenvalue weighted by atomic mass is 19.4. The summed E-state index contributed by atoms with van der Waals surface area (Å²) in [7, 11) is 0. The number of nitrogens with zero attached hydrogens (tertiary/aromatic N) is 4. The van der Waals surface area contributed by atoms with Gasteiger partial charge in [0.05, 0.1) is 23.7 Å². The van der Waals surface area contributed by atoms with Crippen molar-refractivity contribution in [2.75, 3.05) is 0 Å². The van der Waals surface area contributed by atoms with Crippen LogP contribution in [0.15, 0.2) is 30.9 Å². The van der Waals surface area contributed by atoms with Crippen LogP contribution in [0.2, 0.25) is 0 Å². The number of carbonyl (C=O) groups is 1. The van der Waals surface area contributed by atoms with Gasteiger partial charge in [0.2, 0.25) is 0 Å². The van der Waals surface area contributed by atoms with Crippen molar-refractivity contribution in [1.29, 1.82) is 0 Å². The van der Waals surface area contributed by atoms with E-state index in [4.69, 9.17) is 0 Å². The van der Waals surface area contributed by atoms with E-state index in [1.54, 1.807) is 0 Å². The third kappa shape index (κ3) is 4.73.